The summed E-state index contributed by atoms with van der Waals surface area (Å²) in [5.74, 6) is 0.0195. The lowest BCUT2D eigenvalue weighted by Gasteiger charge is -2.17. The van der Waals surface area contributed by atoms with E-state index in [9.17, 15) is 21.6 Å². The van der Waals surface area contributed by atoms with Crippen LogP contribution in [0.4, 0.5) is 13.2 Å². The molecule has 0 amide bonds. The molecule has 2 N–H and O–H groups in total. The molecule has 0 saturated heterocycles. The summed E-state index contributed by atoms with van der Waals surface area (Å²) in [5.41, 5.74) is 0.563. The maximum Gasteiger partial charge on any atom is 0.573 e. The van der Waals surface area contributed by atoms with Crippen molar-refractivity contribution >= 4 is 10.0 Å². The van der Waals surface area contributed by atoms with Gasteiger partial charge in [0.2, 0.25) is 10.0 Å². The number of sulfonamides is 1. The second-order valence-electron chi connectivity index (χ2n) is 5.77. The third-order valence-corrected chi connectivity index (χ3v) is 5.05. The van der Waals surface area contributed by atoms with E-state index in [2.05, 4.69) is 24.6 Å². The number of halogens is 3. The number of aromatic amines is 1. The van der Waals surface area contributed by atoms with E-state index >= 15 is 0 Å². The molecule has 2 aromatic carbocycles. The third-order valence-electron chi connectivity index (χ3n) is 3.63. The van der Waals surface area contributed by atoms with E-state index in [1.54, 1.807) is 37.3 Å². The van der Waals surface area contributed by atoms with Crippen LogP contribution in [0.15, 0.2) is 59.5 Å². The van der Waals surface area contributed by atoms with Crippen molar-refractivity contribution in [3.8, 4) is 5.75 Å². The summed E-state index contributed by atoms with van der Waals surface area (Å²) < 4.78 is 69.1. The van der Waals surface area contributed by atoms with Gasteiger partial charge in [-0.05, 0) is 24.6 Å². The summed E-state index contributed by atoms with van der Waals surface area (Å²) in [6.07, 6.45) is -4.93. The number of aryl methyl sites for hydroxylation is 1. The molecule has 148 valence electrons. The number of nitrogens with one attached hydrogen (secondary N) is 2. The lowest BCUT2D eigenvalue weighted by atomic mass is 10.1. The number of rotatable bonds is 6. The van der Waals surface area contributed by atoms with Gasteiger partial charge in [-0.15, -0.1) is 13.2 Å². The molecule has 3 aromatic rings. The summed E-state index contributed by atoms with van der Waals surface area (Å²) in [4.78, 5) is 3.78. The van der Waals surface area contributed by atoms with Crippen LogP contribution in [0.3, 0.4) is 0 Å². The van der Waals surface area contributed by atoms with Crippen molar-refractivity contribution < 1.29 is 26.3 Å². The molecule has 28 heavy (non-hydrogen) atoms. The highest BCUT2D eigenvalue weighted by atomic mass is 32.2. The lowest BCUT2D eigenvalue weighted by Crippen LogP contribution is -2.30. The van der Waals surface area contributed by atoms with Crippen LogP contribution < -0.4 is 9.46 Å². The van der Waals surface area contributed by atoms with Gasteiger partial charge < -0.3 is 4.74 Å². The van der Waals surface area contributed by atoms with Gasteiger partial charge in [-0.2, -0.15) is 9.82 Å². The molecule has 0 bridgehead atoms. The topological polar surface area (TPSA) is 97.0 Å². The van der Waals surface area contributed by atoms with Crippen LogP contribution in [0.1, 0.15) is 23.3 Å². The quantitative estimate of drug-likeness (QED) is 0.649. The number of alkyl halides is 3. The van der Waals surface area contributed by atoms with Gasteiger partial charge >= 0.3 is 6.36 Å². The van der Waals surface area contributed by atoms with Crippen LogP contribution in [0.25, 0.3) is 0 Å². The van der Waals surface area contributed by atoms with Gasteiger partial charge in [0.1, 0.15) is 17.6 Å². The first-order valence-corrected chi connectivity index (χ1v) is 9.44. The highest BCUT2D eigenvalue weighted by molar-refractivity contribution is 7.89. The van der Waals surface area contributed by atoms with Gasteiger partial charge in [0.15, 0.2) is 5.82 Å². The molecule has 0 spiro atoms. The van der Waals surface area contributed by atoms with Gasteiger partial charge in [0.05, 0.1) is 4.90 Å². The normalized spacial score (nSPS) is 13.3. The molecule has 3 rings (SSSR count). The maximum absolute atomic E-state index is 12.8. The third kappa shape index (κ3) is 4.87. The number of H-pyrrole nitrogens is 1. The van der Waals surface area contributed by atoms with E-state index in [1.165, 1.54) is 0 Å². The molecule has 0 aliphatic carbocycles. The first-order valence-electron chi connectivity index (χ1n) is 7.96. The number of hydrogen-bond donors (Lipinski definition) is 2. The minimum atomic E-state index is -4.93. The Balaban J connectivity index is 1.95. The van der Waals surface area contributed by atoms with Crippen molar-refractivity contribution in [2.24, 2.45) is 0 Å². The molecule has 1 heterocycles. The van der Waals surface area contributed by atoms with E-state index in [1.807, 2.05) is 0 Å². The van der Waals surface area contributed by atoms with Gasteiger partial charge in [-0.25, -0.2) is 13.4 Å². The van der Waals surface area contributed by atoms with Crippen LogP contribution in [-0.4, -0.2) is 30.0 Å². The lowest BCUT2D eigenvalue weighted by molar-refractivity contribution is -0.274. The Bertz CT molecular complexity index is 1050. The van der Waals surface area contributed by atoms with Crippen molar-refractivity contribution in [2.75, 3.05) is 0 Å². The number of aromatic nitrogens is 3. The standard InChI is InChI=1S/C17H15F3N4O3S/c1-11-21-16(23-22-11)15(12-6-3-2-4-7-12)24-28(25,26)14-9-5-8-13(10-14)27-17(18,19)20/h2-10,15,24H,1H3,(H,21,22,23). The Morgan fingerprint density at radius 3 is 2.43 bits per heavy atom. The predicted molar refractivity (Wildman–Crippen MR) is 92.9 cm³/mol. The minimum absolute atomic E-state index is 0.176. The Morgan fingerprint density at radius 2 is 1.82 bits per heavy atom. The molecule has 0 saturated carbocycles. The maximum atomic E-state index is 12.8. The van der Waals surface area contributed by atoms with Crippen LogP contribution >= 0.6 is 0 Å². The van der Waals surface area contributed by atoms with E-state index < -0.39 is 28.2 Å². The van der Waals surface area contributed by atoms with Crippen LogP contribution in [-0.2, 0) is 10.0 Å². The van der Waals surface area contributed by atoms with Crippen LogP contribution in [0.5, 0.6) is 5.75 Å². The van der Waals surface area contributed by atoms with Gasteiger partial charge in [0, 0.05) is 6.07 Å². The summed E-state index contributed by atoms with van der Waals surface area (Å²) in [6.45, 7) is 1.66. The zero-order valence-electron chi connectivity index (χ0n) is 14.4. The highest BCUT2D eigenvalue weighted by Crippen LogP contribution is 2.27. The minimum Gasteiger partial charge on any atom is -0.406 e. The zero-order valence-corrected chi connectivity index (χ0v) is 15.3. The Kier molecular flexibility index (Phi) is 5.38. The summed E-state index contributed by atoms with van der Waals surface area (Å²) >= 11 is 0. The Morgan fingerprint density at radius 1 is 1.11 bits per heavy atom. The summed E-state index contributed by atoms with van der Waals surface area (Å²) in [5, 5.41) is 6.64. The molecule has 11 heteroatoms. The SMILES string of the molecule is Cc1nc(C(NS(=O)(=O)c2cccc(OC(F)(F)F)c2)c2ccccc2)n[nH]1. The molecule has 7 nitrogen and oxygen atoms in total. The second-order valence-corrected chi connectivity index (χ2v) is 7.48. The summed E-state index contributed by atoms with van der Waals surface area (Å²) in [6, 6.07) is 11.7. The van der Waals surface area contributed by atoms with E-state index in [-0.39, 0.29) is 10.7 Å². The van der Waals surface area contributed by atoms with Crippen molar-refractivity contribution in [1.82, 2.24) is 19.9 Å². The highest BCUT2D eigenvalue weighted by Gasteiger charge is 2.32. The fourth-order valence-electron chi connectivity index (χ4n) is 2.47. The predicted octanol–water partition coefficient (Wildman–Crippen LogP) is 3.08. The van der Waals surface area contributed by atoms with Gasteiger partial charge in [-0.1, -0.05) is 36.4 Å². The van der Waals surface area contributed by atoms with Crippen molar-refractivity contribution in [2.45, 2.75) is 24.2 Å². The summed E-state index contributed by atoms with van der Waals surface area (Å²) in [7, 11) is -4.22. The van der Waals surface area contributed by atoms with Crippen LogP contribution in [0.2, 0.25) is 0 Å². The molecular formula is C17H15F3N4O3S. The fourth-order valence-corrected chi connectivity index (χ4v) is 3.68. The van der Waals surface area contributed by atoms with Crippen molar-refractivity contribution in [3.05, 3.63) is 71.8 Å². The molecule has 0 aliphatic heterocycles. The molecule has 0 radical (unpaired) electrons. The van der Waals surface area contributed by atoms with Gasteiger partial charge in [-0.3, -0.25) is 5.10 Å². The van der Waals surface area contributed by atoms with E-state index in [0.29, 0.717) is 11.4 Å². The zero-order chi connectivity index (χ0) is 20.4. The number of ether oxygens (including phenoxy) is 1. The van der Waals surface area contributed by atoms with E-state index in [0.717, 1.165) is 24.3 Å². The molecular weight excluding hydrogens is 397 g/mol. The number of hydrogen-bond acceptors (Lipinski definition) is 5. The second kappa shape index (κ2) is 7.60. The van der Waals surface area contributed by atoms with Crippen molar-refractivity contribution in [1.29, 1.82) is 0 Å². The fraction of sp³-hybridized carbons (Fsp3) is 0.176. The number of benzene rings is 2. The molecule has 1 unspecified atom stereocenters. The van der Waals surface area contributed by atoms with Gasteiger partial charge in [0.25, 0.3) is 0 Å². The van der Waals surface area contributed by atoms with E-state index in [4.69, 9.17) is 0 Å². The Hall–Kier alpha value is -2.92. The molecule has 0 aliphatic rings. The average Bonchev–Trinajstić information content (AvgIpc) is 3.05. The van der Waals surface area contributed by atoms with Crippen LogP contribution in [0, 0.1) is 6.92 Å². The molecule has 1 atom stereocenters. The largest absolute Gasteiger partial charge is 0.573 e. The Labute approximate surface area is 158 Å². The first kappa shape index (κ1) is 19.8. The first-order chi connectivity index (χ1) is 13.1. The average molecular weight is 412 g/mol. The van der Waals surface area contributed by atoms with Crippen molar-refractivity contribution in [3.63, 3.8) is 0 Å². The number of nitrogens with zero attached hydrogens (tertiary/aromatic N) is 2. The monoisotopic (exact) mass is 412 g/mol. The molecule has 1 aromatic heterocycles. The molecule has 0 fully saturated rings. The smallest absolute Gasteiger partial charge is 0.406 e.